The molecule has 166 valence electrons. The fourth-order valence-electron chi connectivity index (χ4n) is 3.82. The Balaban J connectivity index is 1.61. The zero-order valence-corrected chi connectivity index (χ0v) is 18.8. The number of amides is 2. The number of furan rings is 1. The minimum absolute atomic E-state index is 0.0373. The van der Waals surface area contributed by atoms with Crippen LogP contribution in [0.2, 0.25) is 0 Å². The Bertz CT molecular complexity index is 1100. The first kappa shape index (κ1) is 21.7. The molecule has 0 saturated heterocycles. The standard InChI is InChI=1S/C26H29N3O3/c1-18-6-4-7-20(14-18)26(31)29(16-19-9-10-19)17-21-15-22(11-12-23(21)28(2)3)27-25(30)24-8-5-13-32-24/h4-8,11-15,19H,9-10,16-17H2,1-3H3,(H,27,30). The summed E-state index contributed by atoms with van der Waals surface area (Å²) in [6, 6.07) is 16.8. The Morgan fingerprint density at radius 3 is 2.53 bits per heavy atom. The van der Waals surface area contributed by atoms with E-state index in [1.54, 1.807) is 12.1 Å². The molecule has 1 aliphatic rings. The van der Waals surface area contributed by atoms with Crippen LogP contribution in [0.5, 0.6) is 0 Å². The molecule has 0 aliphatic heterocycles. The molecule has 2 amide bonds. The fraction of sp³-hybridized carbons (Fsp3) is 0.308. The predicted octanol–water partition coefficient (Wildman–Crippen LogP) is 4.96. The van der Waals surface area contributed by atoms with Crippen LogP contribution in [0.25, 0.3) is 0 Å². The number of hydrogen-bond acceptors (Lipinski definition) is 4. The van der Waals surface area contributed by atoms with Gasteiger partial charge in [0.15, 0.2) is 5.76 Å². The molecule has 1 aliphatic carbocycles. The molecule has 32 heavy (non-hydrogen) atoms. The van der Waals surface area contributed by atoms with Crippen molar-refractivity contribution in [2.75, 3.05) is 30.9 Å². The summed E-state index contributed by atoms with van der Waals surface area (Å²) in [7, 11) is 3.96. The third kappa shape index (κ3) is 5.19. The Morgan fingerprint density at radius 1 is 1.06 bits per heavy atom. The molecule has 0 radical (unpaired) electrons. The summed E-state index contributed by atoms with van der Waals surface area (Å²) < 4.78 is 5.19. The van der Waals surface area contributed by atoms with E-state index in [4.69, 9.17) is 4.42 Å². The minimum Gasteiger partial charge on any atom is -0.459 e. The smallest absolute Gasteiger partial charge is 0.291 e. The van der Waals surface area contributed by atoms with Crippen molar-refractivity contribution < 1.29 is 14.0 Å². The highest BCUT2D eigenvalue weighted by Gasteiger charge is 2.28. The maximum Gasteiger partial charge on any atom is 0.291 e. The number of rotatable bonds is 8. The lowest BCUT2D eigenvalue weighted by Crippen LogP contribution is -2.33. The van der Waals surface area contributed by atoms with Gasteiger partial charge in [-0.3, -0.25) is 9.59 Å². The van der Waals surface area contributed by atoms with Crippen LogP contribution in [0, 0.1) is 12.8 Å². The second kappa shape index (κ2) is 9.30. The molecule has 4 rings (SSSR count). The van der Waals surface area contributed by atoms with Crippen LogP contribution in [-0.2, 0) is 6.54 Å². The highest BCUT2D eigenvalue weighted by Crippen LogP contribution is 2.32. The van der Waals surface area contributed by atoms with Crippen molar-refractivity contribution in [2.24, 2.45) is 5.92 Å². The van der Waals surface area contributed by atoms with Gasteiger partial charge >= 0.3 is 0 Å². The van der Waals surface area contributed by atoms with Crippen LogP contribution >= 0.6 is 0 Å². The van der Waals surface area contributed by atoms with Crippen molar-refractivity contribution in [3.05, 3.63) is 83.3 Å². The molecule has 6 nitrogen and oxygen atoms in total. The second-order valence-corrected chi connectivity index (χ2v) is 8.67. The summed E-state index contributed by atoms with van der Waals surface area (Å²) in [5.74, 6) is 0.557. The molecule has 0 unspecified atom stereocenters. The van der Waals surface area contributed by atoms with Crippen LogP contribution < -0.4 is 10.2 Å². The zero-order valence-electron chi connectivity index (χ0n) is 18.8. The van der Waals surface area contributed by atoms with Crippen molar-refractivity contribution in [3.8, 4) is 0 Å². The van der Waals surface area contributed by atoms with E-state index < -0.39 is 0 Å². The predicted molar refractivity (Wildman–Crippen MR) is 126 cm³/mol. The molecule has 1 fully saturated rings. The van der Waals surface area contributed by atoms with Gasteiger partial charge in [0.25, 0.3) is 11.8 Å². The third-order valence-electron chi connectivity index (χ3n) is 5.65. The lowest BCUT2D eigenvalue weighted by atomic mass is 10.1. The Labute approximate surface area is 188 Å². The SMILES string of the molecule is Cc1cccc(C(=O)N(Cc2cc(NC(=O)c3ccco3)ccc2N(C)C)CC2CC2)c1. The molecule has 2 aromatic carbocycles. The third-order valence-corrected chi connectivity index (χ3v) is 5.65. The number of aryl methyl sites for hydroxylation is 1. The highest BCUT2D eigenvalue weighted by atomic mass is 16.3. The van der Waals surface area contributed by atoms with Crippen LogP contribution in [0.4, 0.5) is 11.4 Å². The topological polar surface area (TPSA) is 65.8 Å². The number of nitrogens with one attached hydrogen (secondary N) is 1. The normalized spacial score (nSPS) is 13.0. The number of nitrogens with zero attached hydrogens (tertiary/aromatic N) is 2. The monoisotopic (exact) mass is 431 g/mol. The van der Waals surface area contributed by atoms with Gasteiger partial charge in [0.05, 0.1) is 6.26 Å². The Kier molecular flexibility index (Phi) is 6.30. The average molecular weight is 432 g/mol. The molecular weight excluding hydrogens is 402 g/mol. The van der Waals surface area contributed by atoms with Crippen molar-refractivity contribution >= 4 is 23.2 Å². The van der Waals surface area contributed by atoms with E-state index in [9.17, 15) is 9.59 Å². The van der Waals surface area contributed by atoms with E-state index >= 15 is 0 Å². The quantitative estimate of drug-likeness (QED) is 0.548. The van der Waals surface area contributed by atoms with Gasteiger partial charge in [-0.15, -0.1) is 0 Å². The first-order chi connectivity index (χ1) is 15.4. The van der Waals surface area contributed by atoms with Crippen LogP contribution in [0.15, 0.2) is 65.3 Å². The first-order valence-electron chi connectivity index (χ1n) is 10.9. The van der Waals surface area contributed by atoms with Crippen molar-refractivity contribution in [1.82, 2.24) is 4.90 Å². The lowest BCUT2D eigenvalue weighted by Gasteiger charge is -2.26. The number of carbonyl (C=O) groups is 2. The van der Waals surface area contributed by atoms with Gasteiger partial charge in [-0.2, -0.15) is 0 Å². The first-order valence-corrected chi connectivity index (χ1v) is 10.9. The van der Waals surface area contributed by atoms with E-state index in [2.05, 4.69) is 5.32 Å². The highest BCUT2D eigenvalue weighted by molar-refractivity contribution is 6.02. The number of hydrogen-bond donors (Lipinski definition) is 1. The average Bonchev–Trinajstić information content (AvgIpc) is 3.41. The Hall–Kier alpha value is -3.54. The number of carbonyl (C=O) groups excluding carboxylic acids is 2. The van der Waals surface area contributed by atoms with Crippen molar-refractivity contribution in [1.29, 1.82) is 0 Å². The fourth-order valence-corrected chi connectivity index (χ4v) is 3.82. The second-order valence-electron chi connectivity index (χ2n) is 8.67. The Morgan fingerprint density at radius 2 is 1.88 bits per heavy atom. The van der Waals surface area contributed by atoms with Gasteiger partial charge < -0.3 is 19.5 Å². The summed E-state index contributed by atoms with van der Waals surface area (Å²) in [5.41, 5.74) is 4.44. The van der Waals surface area contributed by atoms with E-state index in [1.807, 2.05) is 73.3 Å². The van der Waals surface area contributed by atoms with E-state index in [0.717, 1.165) is 36.2 Å². The molecule has 1 saturated carbocycles. The lowest BCUT2D eigenvalue weighted by molar-refractivity contribution is 0.0734. The largest absolute Gasteiger partial charge is 0.459 e. The van der Waals surface area contributed by atoms with Crippen LogP contribution in [0.3, 0.4) is 0 Å². The van der Waals surface area contributed by atoms with Gasteiger partial charge in [0.1, 0.15) is 0 Å². The summed E-state index contributed by atoms with van der Waals surface area (Å²) in [6.45, 7) is 3.21. The van der Waals surface area contributed by atoms with Gasteiger partial charge in [0, 0.05) is 44.1 Å². The van der Waals surface area contributed by atoms with Gasteiger partial charge in [0.2, 0.25) is 0 Å². The van der Waals surface area contributed by atoms with Gasteiger partial charge in [-0.05, 0) is 73.7 Å². The maximum atomic E-state index is 13.4. The van der Waals surface area contributed by atoms with E-state index in [0.29, 0.717) is 23.7 Å². The van der Waals surface area contributed by atoms with Gasteiger partial charge in [-0.25, -0.2) is 0 Å². The van der Waals surface area contributed by atoms with Crippen LogP contribution in [-0.4, -0.2) is 37.4 Å². The van der Waals surface area contributed by atoms with Crippen molar-refractivity contribution in [3.63, 3.8) is 0 Å². The maximum absolute atomic E-state index is 13.4. The van der Waals surface area contributed by atoms with Crippen LogP contribution in [0.1, 0.15) is 44.9 Å². The minimum atomic E-state index is -0.302. The van der Waals surface area contributed by atoms with Gasteiger partial charge in [-0.1, -0.05) is 17.7 Å². The molecule has 0 bridgehead atoms. The summed E-state index contributed by atoms with van der Waals surface area (Å²) in [6.07, 6.45) is 3.80. The molecule has 1 N–H and O–H groups in total. The molecule has 6 heteroatoms. The molecule has 0 spiro atoms. The van der Waals surface area contributed by atoms with E-state index in [-0.39, 0.29) is 17.6 Å². The molecule has 1 aromatic heterocycles. The molecule has 1 heterocycles. The summed E-state index contributed by atoms with van der Waals surface area (Å²) in [5, 5.41) is 2.89. The summed E-state index contributed by atoms with van der Waals surface area (Å²) in [4.78, 5) is 29.8. The molecule has 3 aromatic rings. The molecular formula is C26H29N3O3. The number of benzene rings is 2. The molecule has 0 atom stereocenters. The van der Waals surface area contributed by atoms with Crippen molar-refractivity contribution in [2.45, 2.75) is 26.3 Å². The summed E-state index contributed by atoms with van der Waals surface area (Å²) >= 11 is 0. The van der Waals surface area contributed by atoms with E-state index in [1.165, 1.54) is 6.26 Å². The number of anilines is 2. The zero-order chi connectivity index (χ0) is 22.7.